The van der Waals surface area contributed by atoms with Crippen molar-refractivity contribution in [2.24, 2.45) is 0 Å². The number of ketones is 1. The van der Waals surface area contributed by atoms with E-state index in [9.17, 15) is 18.0 Å². The highest BCUT2D eigenvalue weighted by molar-refractivity contribution is 9.10. The maximum Gasteiger partial charge on any atom is 0.573 e. The molecule has 0 aliphatic heterocycles. The molecule has 88 valence electrons. The molecule has 0 radical (unpaired) electrons. The van der Waals surface area contributed by atoms with Crippen LogP contribution < -0.4 is 4.74 Å². The molecule has 1 aromatic rings. The van der Waals surface area contributed by atoms with Crippen LogP contribution in [0.2, 0.25) is 5.02 Å². The van der Waals surface area contributed by atoms with Crippen molar-refractivity contribution in [2.45, 2.75) is 13.3 Å². The van der Waals surface area contributed by atoms with Gasteiger partial charge in [-0.05, 0) is 35.0 Å². The van der Waals surface area contributed by atoms with Crippen LogP contribution in [0.25, 0.3) is 0 Å². The van der Waals surface area contributed by atoms with E-state index in [-0.39, 0.29) is 10.6 Å². The Hall–Kier alpha value is -0.750. The van der Waals surface area contributed by atoms with Gasteiger partial charge in [0.05, 0.1) is 10.6 Å². The molecule has 0 N–H and O–H groups in total. The number of ether oxygens (including phenoxy) is 1. The Labute approximate surface area is 102 Å². The molecule has 16 heavy (non-hydrogen) atoms. The quantitative estimate of drug-likeness (QED) is 0.764. The summed E-state index contributed by atoms with van der Waals surface area (Å²) in [5.41, 5.74) is -0.0385. The number of halogens is 5. The minimum atomic E-state index is -4.84. The molecule has 0 aliphatic carbocycles. The Kier molecular flexibility index (Phi) is 3.85. The van der Waals surface area contributed by atoms with E-state index in [1.807, 2.05) is 0 Å². The molecule has 1 rings (SSSR count). The molecule has 0 amide bonds. The molecular formula is C9H5BrClF3O2. The topological polar surface area (TPSA) is 26.3 Å². The van der Waals surface area contributed by atoms with Gasteiger partial charge in [-0.1, -0.05) is 11.6 Å². The molecule has 0 heterocycles. The lowest BCUT2D eigenvalue weighted by molar-refractivity contribution is -0.274. The predicted molar refractivity (Wildman–Crippen MR) is 55.8 cm³/mol. The number of benzene rings is 1. The zero-order valence-electron chi connectivity index (χ0n) is 7.86. The van der Waals surface area contributed by atoms with Crippen LogP contribution >= 0.6 is 27.5 Å². The van der Waals surface area contributed by atoms with Crippen LogP contribution in [0.1, 0.15) is 17.3 Å². The average Bonchev–Trinajstić information content (AvgIpc) is 2.07. The third kappa shape index (κ3) is 3.12. The summed E-state index contributed by atoms with van der Waals surface area (Å²) in [5, 5.41) is -0.362. The second-order valence-corrected chi connectivity index (χ2v) is 4.07. The van der Waals surface area contributed by atoms with Crippen LogP contribution in [-0.2, 0) is 0 Å². The average molecular weight is 317 g/mol. The maximum absolute atomic E-state index is 12.0. The van der Waals surface area contributed by atoms with E-state index in [0.717, 1.165) is 6.07 Å². The number of alkyl halides is 3. The van der Waals surface area contributed by atoms with Crippen LogP contribution in [0.3, 0.4) is 0 Å². The van der Waals surface area contributed by atoms with Crippen molar-refractivity contribution in [1.29, 1.82) is 0 Å². The number of hydrogen-bond acceptors (Lipinski definition) is 2. The van der Waals surface area contributed by atoms with Crippen molar-refractivity contribution in [3.8, 4) is 5.75 Å². The van der Waals surface area contributed by atoms with Gasteiger partial charge >= 0.3 is 6.36 Å². The summed E-state index contributed by atoms with van der Waals surface area (Å²) in [5.74, 6) is -1.05. The van der Waals surface area contributed by atoms with Crippen LogP contribution in [0, 0.1) is 0 Å². The van der Waals surface area contributed by atoms with Gasteiger partial charge in [-0.25, -0.2) is 0 Å². The first-order chi connectivity index (χ1) is 7.22. The van der Waals surface area contributed by atoms with Crippen molar-refractivity contribution in [3.05, 3.63) is 27.2 Å². The molecule has 1 aromatic carbocycles. The van der Waals surface area contributed by atoms with E-state index in [1.165, 1.54) is 13.0 Å². The number of carbonyl (C=O) groups is 1. The first-order valence-electron chi connectivity index (χ1n) is 3.97. The molecule has 0 aromatic heterocycles. The SMILES string of the molecule is CC(=O)c1c(Br)ccc(OC(F)(F)F)c1Cl. The summed E-state index contributed by atoms with van der Waals surface area (Å²) in [6.45, 7) is 1.20. The lowest BCUT2D eigenvalue weighted by atomic mass is 10.1. The van der Waals surface area contributed by atoms with Gasteiger partial charge in [-0.2, -0.15) is 0 Å². The Morgan fingerprint density at radius 3 is 2.44 bits per heavy atom. The Bertz CT molecular complexity index is 431. The number of carbonyl (C=O) groups excluding carboxylic acids is 1. The van der Waals surface area contributed by atoms with Crippen molar-refractivity contribution >= 4 is 33.3 Å². The largest absolute Gasteiger partial charge is 0.573 e. The number of hydrogen-bond donors (Lipinski definition) is 0. The highest BCUT2D eigenvalue weighted by atomic mass is 79.9. The molecular weight excluding hydrogens is 312 g/mol. The zero-order valence-corrected chi connectivity index (χ0v) is 10.2. The van der Waals surface area contributed by atoms with E-state index in [4.69, 9.17) is 11.6 Å². The molecule has 7 heteroatoms. The first-order valence-corrected chi connectivity index (χ1v) is 5.14. The molecule has 0 unspecified atom stereocenters. The molecule has 0 spiro atoms. The summed E-state index contributed by atoms with van der Waals surface area (Å²) < 4.78 is 39.9. The van der Waals surface area contributed by atoms with Crippen LogP contribution in [0.15, 0.2) is 16.6 Å². The summed E-state index contributed by atoms with van der Waals surface area (Å²) >= 11 is 8.66. The van der Waals surface area contributed by atoms with Crippen molar-refractivity contribution in [3.63, 3.8) is 0 Å². The van der Waals surface area contributed by atoms with Gasteiger partial charge in [0.15, 0.2) is 5.78 Å². The fraction of sp³-hybridized carbons (Fsp3) is 0.222. The molecule has 0 aliphatic rings. The highest BCUT2D eigenvalue weighted by Gasteiger charge is 2.32. The van der Waals surface area contributed by atoms with E-state index in [2.05, 4.69) is 20.7 Å². The third-order valence-electron chi connectivity index (χ3n) is 1.63. The molecule has 2 nitrogen and oxygen atoms in total. The summed E-state index contributed by atoms with van der Waals surface area (Å²) in [4.78, 5) is 11.2. The summed E-state index contributed by atoms with van der Waals surface area (Å²) in [6.07, 6.45) is -4.84. The van der Waals surface area contributed by atoms with Crippen LogP contribution in [-0.4, -0.2) is 12.1 Å². The number of Topliss-reactive ketones (excluding diaryl/α,β-unsaturated/α-hetero) is 1. The first kappa shape index (κ1) is 13.3. The van der Waals surface area contributed by atoms with E-state index in [0.29, 0.717) is 4.47 Å². The van der Waals surface area contributed by atoms with Gasteiger partial charge in [0.2, 0.25) is 0 Å². The molecule has 0 saturated heterocycles. The zero-order chi connectivity index (χ0) is 12.5. The van der Waals surface area contributed by atoms with Gasteiger partial charge in [0.1, 0.15) is 5.75 Å². The molecule has 0 atom stereocenters. The fourth-order valence-electron chi connectivity index (χ4n) is 1.06. The molecule has 0 bridgehead atoms. The minimum absolute atomic E-state index is 0.0385. The Morgan fingerprint density at radius 1 is 1.44 bits per heavy atom. The fourth-order valence-corrected chi connectivity index (χ4v) is 2.12. The van der Waals surface area contributed by atoms with E-state index >= 15 is 0 Å². The molecule has 0 saturated carbocycles. The minimum Gasteiger partial charge on any atom is -0.404 e. The predicted octanol–water partition coefficient (Wildman–Crippen LogP) is 4.20. The standard InChI is InChI=1S/C9H5BrClF3O2/c1-4(15)7-5(10)2-3-6(8(7)11)16-9(12,13)14/h2-3H,1H3. The van der Waals surface area contributed by atoms with E-state index in [1.54, 1.807) is 0 Å². The van der Waals surface area contributed by atoms with E-state index < -0.39 is 17.9 Å². The smallest absolute Gasteiger partial charge is 0.404 e. The Morgan fingerprint density at radius 2 is 2.00 bits per heavy atom. The lowest BCUT2D eigenvalue weighted by Crippen LogP contribution is -2.17. The monoisotopic (exact) mass is 316 g/mol. The van der Waals surface area contributed by atoms with Crippen molar-refractivity contribution < 1.29 is 22.7 Å². The van der Waals surface area contributed by atoms with Gasteiger partial charge in [-0.3, -0.25) is 4.79 Å². The van der Waals surface area contributed by atoms with Crippen molar-refractivity contribution in [2.75, 3.05) is 0 Å². The van der Waals surface area contributed by atoms with Gasteiger partial charge in [-0.15, -0.1) is 13.2 Å². The van der Waals surface area contributed by atoms with Crippen LogP contribution in [0.4, 0.5) is 13.2 Å². The summed E-state index contributed by atoms with van der Waals surface area (Å²) in [6, 6.07) is 2.30. The molecule has 0 fully saturated rings. The van der Waals surface area contributed by atoms with Gasteiger partial charge < -0.3 is 4.74 Å². The highest BCUT2D eigenvalue weighted by Crippen LogP contribution is 2.36. The number of rotatable bonds is 2. The van der Waals surface area contributed by atoms with Gasteiger partial charge in [0, 0.05) is 4.47 Å². The van der Waals surface area contributed by atoms with Crippen LogP contribution in [0.5, 0.6) is 5.75 Å². The second kappa shape index (κ2) is 4.63. The second-order valence-electron chi connectivity index (χ2n) is 2.84. The summed E-state index contributed by atoms with van der Waals surface area (Å²) in [7, 11) is 0. The Balaban J connectivity index is 3.24. The van der Waals surface area contributed by atoms with Crippen molar-refractivity contribution in [1.82, 2.24) is 0 Å². The van der Waals surface area contributed by atoms with Gasteiger partial charge in [0.25, 0.3) is 0 Å². The normalized spacial score (nSPS) is 11.4. The maximum atomic E-state index is 12.0. The third-order valence-corrected chi connectivity index (χ3v) is 2.67. The lowest BCUT2D eigenvalue weighted by Gasteiger charge is -2.12.